The van der Waals surface area contributed by atoms with E-state index in [0.717, 1.165) is 155 Å². The monoisotopic (exact) mass is 1300 g/mol. The minimum Gasteiger partial charge on any atom is -0.455 e. The number of fused-ring (bicyclic) bond motifs is 6. The number of benzene rings is 14. The predicted octanol–water partition coefficient (Wildman–Crippen LogP) is 23.3. The van der Waals surface area contributed by atoms with E-state index in [-0.39, 0.29) is 0 Å². The first kappa shape index (κ1) is 60.1. The minimum absolute atomic E-state index is 0.509. The van der Waals surface area contributed by atoms with Gasteiger partial charge in [-0.05, 0) is 127 Å². The van der Waals surface area contributed by atoms with Crippen molar-refractivity contribution in [3.8, 4) is 158 Å². The van der Waals surface area contributed by atoms with Crippen LogP contribution >= 0.6 is 0 Å². The van der Waals surface area contributed by atoms with E-state index >= 15 is 0 Å². The number of nitrogens with zero attached hydrogens (tertiary/aromatic N) is 8. The van der Waals surface area contributed by atoms with Crippen LogP contribution in [0, 0.1) is 22.7 Å². The Balaban J connectivity index is 0.770. The van der Waals surface area contributed by atoms with Crippen molar-refractivity contribution in [2.24, 2.45) is 0 Å². The quantitative estimate of drug-likeness (QED) is 0.109. The largest absolute Gasteiger partial charge is 0.455 e. The third kappa shape index (κ3) is 11.2. The van der Waals surface area contributed by atoms with Crippen molar-refractivity contribution in [1.29, 1.82) is 10.5 Å². The highest BCUT2D eigenvalue weighted by atomic mass is 16.3. The third-order valence-electron chi connectivity index (χ3n) is 18.9. The number of hydrogen-bond donors (Lipinski definition) is 0. The highest BCUT2D eigenvalue weighted by Crippen LogP contribution is 2.49. The van der Waals surface area contributed by atoms with Crippen LogP contribution in [0.15, 0.2) is 336 Å². The molecule has 0 aliphatic carbocycles. The zero-order chi connectivity index (χ0) is 68.0. The number of aromatic nitrogens is 6. The fourth-order valence-corrected chi connectivity index (χ4v) is 13.8. The molecule has 0 atom stereocenters. The second-order valence-electron chi connectivity index (χ2n) is 25.1. The summed E-state index contributed by atoms with van der Waals surface area (Å²) in [5.74, 6) is 3.29. The molecule has 0 radical (unpaired) electrons. The van der Waals surface area contributed by atoms with Gasteiger partial charge in [0.15, 0.2) is 34.9 Å². The first-order valence-corrected chi connectivity index (χ1v) is 33.6. The maximum absolute atomic E-state index is 9.63. The summed E-state index contributed by atoms with van der Waals surface area (Å²) in [6.07, 6.45) is 0. The van der Waals surface area contributed by atoms with Gasteiger partial charge in [-0.1, -0.05) is 267 Å². The van der Waals surface area contributed by atoms with Crippen molar-refractivity contribution in [3.05, 3.63) is 339 Å². The zero-order valence-electron chi connectivity index (χ0n) is 54.6. The number of nitriles is 2. The standard InChI is InChI=1S/C92H54N8O2/c93-55-57-30-34-59(35-31-57)60-38-40-62(41-39-60)78-54-79(84-77-27-11-13-29-81(77)102-86(84)83(78)64-44-48-68(49-45-64)90-96-87(65-16-4-1-5-17-65)95-88(97-90)66-18-6-2-7-19-66)72-24-15-25-73(53-72)92-99-89(67-20-8-3-9-21-67)98-91(100-92)69-46-42-63(43-47-69)82-74(50-51-76-75-26-10-12-28-80(75)101-85(76)82)71-23-14-22-70(52-71)61-36-32-58(56-94)33-37-61/h1-54H. The van der Waals surface area contributed by atoms with Crippen LogP contribution in [0.3, 0.4) is 0 Å². The van der Waals surface area contributed by atoms with E-state index in [1.165, 1.54) is 0 Å². The van der Waals surface area contributed by atoms with Gasteiger partial charge in [-0.25, -0.2) is 29.9 Å². The maximum Gasteiger partial charge on any atom is 0.164 e. The Hall–Kier alpha value is -14.3. The molecule has 0 unspecified atom stereocenters. The van der Waals surface area contributed by atoms with Crippen LogP contribution in [-0.4, -0.2) is 29.9 Å². The lowest BCUT2D eigenvalue weighted by molar-refractivity contribution is 0.670. The first-order chi connectivity index (χ1) is 50.4. The lowest BCUT2D eigenvalue weighted by Crippen LogP contribution is -2.00. The molecular formula is C92H54N8O2. The summed E-state index contributed by atoms with van der Waals surface area (Å²) in [4.78, 5) is 31.0. The van der Waals surface area contributed by atoms with Crippen LogP contribution in [0.25, 0.3) is 190 Å². The van der Waals surface area contributed by atoms with Gasteiger partial charge < -0.3 is 8.83 Å². The molecule has 0 fully saturated rings. The van der Waals surface area contributed by atoms with Crippen molar-refractivity contribution in [2.75, 3.05) is 0 Å². The SMILES string of the molecule is N#Cc1ccc(-c2ccc(-c3cc(-c4cccc(-c5nc(-c6ccccc6)nc(-c6ccc(-c7c(-c8cccc(-c9ccc(C#N)cc9)c8)ccc8c7oc7ccccc78)cc6)n5)c4)c4c(oc5ccccc54)c3-c3ccc(-c4nc(-c5ccccc5)nc(-c5ccccc5)n4)cc3)cc2)cc1. The molecular weight excluding hydrogens is 1250 g/mol. The van der Waals surface area contributed by atoms with E-state index in [1.807, 2.05) is 170 Å². The molecule has 10 heteroatoms. The molecule has 0 saturated heterocycles. The second kappa shape index (κ2) is 25.6. The van der Waals surface area contributed by atoms with E-state index in [1.54, 1.807) is 0 Å². The van der Waals surface area contributed by atoms with Gasteiger partial charge >= 0.3 is 0 Å². The lowest BCUT2D eigenvalue weighted by Gasteiger charge is -2.17. The molecule has 18 rings (SSSR count). The van der Waals surface area contributed by atoms with Crippen molar-refractivity contribution < 1.29 is 8.83 Å². The van der Waals surface area contributed by atoms with Gasteiger partial charge in [0.25, 0.3) is 0 Å². The summed E-state index contributed by atoms with van der Waals surface area (Å²) in [6.45, 7) is 0. The van der Waals surface area contributed by atoms with Gasteiger partial charge in [0.1, 0.15) is 22.3 Å². The Labute approximate surface area is 586 Å². The van der Waals surface area contributed by atoms with E-state index in [2.05, 4.69) is 170 Å². The highest BCUT2D eigenvalue weighted by Gasteiger charge is 2.25. The van der Waals surface area contributed by atoms with Crippen LogP contribution in [-0.2, 0) is 0 Å². The molecule has 18 aromatic rings. The van der Waals surface area contributed by atoms with Crippen LogP contribution < -0.4 is 0 Å². The van der Waals surface area contributed by atoms with E-state index in [4.69, 9.17) is 38.7 Å². The third-order valence-corrected chi connectivity index (χ3v) is 18.9. The topological polar surface area (TPSA) is 151 Å². The lowest BCUT2D eigenvalue weighted by atomic mass is 9.87. The highest BCUT2D eigenvalue weighted by molar-refractivity contribution is 6.19. The maximum atomic E-state index is 9.63. The summed E-state index contributed by atoms with van der Waals surface area (Å²) < 4.78 is 14.0. The summed E-state index contributed by atoms with van der Waals surface area (Å²) in [5.41, 5.74) is 23.1. The van der Waals surface area contributed by atoms with E-state index in [9.17, 15) is 10.5 Å². The van der Waals surface area contributed by atoms with Crippen LogP contribution in [0.2, 0.25) is 0 Å². The number of furan rings is 2. The number of para-hydroxylation sites is 2. The van der Waals surface area contributed by atoms with Gasteiger partial charge in [0.2, 0.25) is 0 Å². The Morgan fingerprint density at radius 2 is 0.559 bits per heavy atom. The van der Waals surface area contributed by atoms with E-state index in [0.29, 0.717) is 46.1 Å². The molecule has 4 aromatic heterocycles. The van der Waals surface area contributed by atoms with Crippen molar-refractivity contribution in [3.63, 3.8) is 0 Å². The van der Waals surface area contributed by atoms with Crippen LogP contribution in [0.4, 0.5) is 0 Å². The zero-order valence-corrected chi connectivity index (χ0v) is 54.6. The Morgan fingerprint density at radius 3 is 1.07 bits per heavy atom. The molecule has 14 aromatic carbocycles. The smallest absolute Gasteiger partial charge is 0.164 e. The summed E-state index contributed by atoms with van der Waals surface area (Å²) in [7, 11) is 0. The molecule has 0 bridgehead atoms. The first-order valence-electron chi connectivity index (χ1n) is 33.6. The van der Waals surface area contributed by atoms with Crippen molar-refractivity contribution in [2.45, 2.75) is 0 Å². The Bertz CT molecular complexity index is 6280. The second-order valence-corrected chi connectivity index (χ2v) is 25.1. The molecule has 0 spiro atoms. The molecule has 0 saturated carbocycles. The van der Waals surface area contributed by atoms with Crippen LogP contribution in [0.5, 0.6) is 0 Å². The van der Waals surface area contributed by atoms with Crippen molar-refractivity contribution >= 4 is 43.9 Å². The average molecular weight is 1300 g/mol. The van der Waals surface area contributed by atoms with Crippen LogP contribution in [0.1, 0.15) is 11.1 Å². The van der Waals surface area contributed by atoms with E-state index < -0.39 is 0 Å². The molecule has 0 N–H and O–H groups in total. The Kier molecular flexibility index (Phi) is 15.1. The van der Waals surface area contributed by atoms with Gasteiger partial charge in [0.05, 0.1) is 23.3 Å². The summed E-state index contributed by atoms with van der Waals surface area (Å²) in [6, 6.07) is 115. The fourth-order valence-electron chi connectivity index (χ4n) is 13.8. The normalized spacial score (nSPS) is 11.3. The average Bonchev–Trinajstić information content (AvgIpc) is 1.51. The molecule has 474 valence electrons. The summed E-state index contributed by atoms with van der Waals surface area (Å²) >= 11 is 0. The minimum atomic E-state index is 0.509. The fraction of sp³-hybridized carbons (Fsp3) is 0. The van der Waals surface area contributed by atoms with Gasteiger partial charge in [-0.15, -0.1) is 0 Å². The Morgan fingerprint density at radius 1 is 0.216 bits per heavy atom. The molecule has 0 aliphatic heterocycles. The predicted molar refractivity (Wildman–Crippen MR) is 408 cm³/mol. The van der Waals surface area contributed by atoms with Gasteiger partial charge in [0, 0.05) is 66.1 Å². The molecule has 4 heterocycles. The van der Waals surface area contributed by atoms with Gasteiger partial charge in [-0.2, -0.15) is 10.5 Å². The molecule has 0 aliphatic rings. The van der Waals surface area contributed by atoms with Gasteiger partial charge in [-0.3, -0.25) is 0 Å². The number of hydrogen-bond acceptors (Lipinski definition) is 10. The molecule has 0 amide bonds. The van der Waals surface area contributed by atoms with Crippen molar-refractivity contribution in [1.82, 2.24) is 29.9 Å². The summed E-state index contributed by atoms with van der Waals surface area (Å²) in [5, 5.41) is 23.2. The molecule has 102 heavy (non-hydrogen) atoms. The number of rotatable bonds is 13. The molecule has 10 nitrogen and oxygen atoms in total.